The van der Waals surface area contributed by atoms with Crippen LogP contribution in [0.3, 0.4) is 0 Å². The Balaban J connectivity index is 1.53. The SMILES string of the molecule is Cc1cc(N2CCC(N3C(=O)Cc4ncccc43)CC2)n(C)c(=O)c1. The molecule has 1 saturated heterocycles. The zero-order valence-electron chi connectivity index (χ0n) is 14.6. The number of aromatic nitrogens is 2. The Bertz CT molecular complexity index is 881. The summed E-state index contributed by atoms with van der Waals surface area (Å²) in [6.45, 7) is 3.62. The molecule has 0 saturated carbocycles. The molecule has 2 aromatic rings. The zero-order chi connectivity index (χ0) is 17.6. The highest BCUT2D eigenvalue weighted by Gasteiger charge is 2.35. The fourth-order valence-corrected chi connectivity index (χ4v) is 3.95. The van der Waals surface area contributed by atoms with Gasteiger partial charge in [-0.25, -0.2) is 0 Å². The molecule has 1 fully saturated rings. The van der Waals surface area contributed by atoms with Crippen LogP contribution in [-0.2, 0) is 18.3 Å². The molecule has 2 aliphatic heterocycles. The van der Waals surface area contributed by atoms with Crippen molar-refractivity contribution in [3.8, 4) is 0 Å². The van der Waals surface area contributed by atoms with Crippen LogP contribution >= 0.6 is 0 Å². The van der Waals surface area contributed by atoms with E-state index in [0.29, 0.717) is 6.42 Å². The van der Waals surface area contributed by atoms with Gasteiger partial charge in [-0.3, -0.25) is 19.1 Å². The van der Waals surface area contributed by atoms with Crippen molar-refractivity contribution in [1.29, 1.82) is 0 Å². The monoisotopic (exact) mass is 338 g/mol. The molecule has 0 atom stereocenters. The van der Waals surface area contributed by atoms with Gasteiger partial charge in [0.05, 0.1) is 17.8 Å². The van der Waals surface area contributed by atoms with Crippen molar-refractivity contribution in [3.05, 3.63) is 52.1 Å². The summed E-state index contributed by atoms with van der Waals surface area (Å²) in [4.78, 5) is 33.0. The van der Waals surface area contributed by atoms with Gasteiger partial charge in [0.1, 0.15) is 5.82 Å². The Morgan fingerprint density at radius 2 is 1.92 bits per heavy atom. The van der Waals surface area contributed by atoms with Crippen molar-refractivity contribution in [3.63, 3.8) is 0 Å². The van der Waals surface area contributed by atoms with E-state index < -0.39 is 0 Å². The van der Waals surface area contributed by atoms with Gasteiger partial charge < -0.3 is 9.80 Å². The van der Waals surface area contributed by atoms with Crippen molar-refractivity contribution in [2.45, 2.75) is 32.2 Å². The fourth-order valence-electron chi connectivity index (χ4n) is 3.95. The van der Waals surface area contributed by atoms with Gasteiger partial charge in [-0.15, -0.1) is 0 Å². The topological polar surface area (TPSA) is 58.4 Å². The largest absolute Gasteiger partial charge is 0.358 e. The standard InChI is InChI=1S/C19H22N4O2/c1-13-10-17(21(2)18(24)11-13)22-8-5-14(6-9-22)23-16-4-3-7-20-15(16)12-19(23)25/h3-4,7,10-11,14H,5-6,8-9,12H2,1-2H3. The summed E-state index contributed by atoms with van der Waals surface area (Å²) >= 11 is 0. The van der Waals surface area contributed by atoms with Crippen LogP contribution in [0.4, 0.5) is 11.5 Å². The van der Waals surface area contributed by atoms with Crippen molar-refractivity contribution in [2.24, 2.45) is 7.05 Å². The third kappa shape index (κ3) is 2.71. The summed E-state index contributed by atoms with van der Waals surface area (Å²) in [7, 11) is 1.81. The van der Waals surface area contributed by atoms with Gasteiger partial charge in [-0.05, 0) is 43.5 Å². The van der Waals surface area contributed by atoms with E-state index in [-0.39, 0.29) is 17.5 Å². The summed E-state index contributed by atoms with van der Waals surface area (Å²) in [5, 5.41) is 0. The lowest BCUT2D eigenvalue weighted by Gasteiger charge is -2.38. The quantitative estimate of drug-likeness (QED) is 0.835. The predicted molar refractivity (Wildman–Crippen MR) is 97.1 cm³/mol. The van der Waals surface area contributed by atoms with Crippen LogP contribution in [-0.4, -0.2) is 34.6 Å². The zero-order valence-corrected chi connectivity index (χ0v) is 14.6. The Hall–Kier alpha value is -2.63. The first-order valence-electron chi connectivity index (χ1n) is 8.73. The first kappa shape index (κ1) is 15.9. The molecule has 130 valence electrons. The van der Waals surface area contributed by atoms with Gasteiger partial charge in [-0.1, -0.05) is 0 Å². The Morgan fingerprint density at radius 1 is 1.16 bits per heavy atom. The normalized spacial score (nSPS) is 17.9. The highest BCUT2D eigenvalue weighted by molar-refractivity contribution is 6.01. The lowest BCUT2D eigenvalue weighted by molar-refractivity contribution is -0.117. The molecule has 4 rings (SSSR count). The Labute approximate surface area is 146 Å². The van der Waals surface area contributed by atoms with Gasteiger partial charge in [0.2, 0.25) is 5.91 Å². The van der Waals surface area contributed by atoms with Crippen molar-refractivity contribution < 1.29 is 4.79 Å². The number of fused-ring (bicyclic) bond motifs is 1. The fraction of sp³-hybridized carbons (Fsp3) is 0.421. The third-order valence-electron chi connectivity index (χ3n) is 5.25. The van der Waals surface area contributed by atoms with E-state index in [0.717, 1.165) is 48.7 Å². The van der Waals surface area contributed by atoms with E-state index in [4.69, 9.17) is 0 Å². The molecule has 0 spiro atoms. The number of amides is 1. The summed E-state index contributed by atoms with van der Waals surface area (Å²) < 4.78 is 1.70. The van der Waals surface area contributed by atoms with Gasteiger partial charge in [0.25, 0.3) is 5.56 Å². The van der Waals surface area contributed by atoms with Gasteiger partial charge in [0.15, 0.2) is 0 Å². The molecule has 1 amide bonds. The molecular formula is C19H22N4O2. The molecule has 6 nitrogen and oxygen atoms in total. The summed E-state index contributed by atoms with van der Waals surface area (Å²) in [6, 6.07) is 7.80. The maximum Gasteiger partial charge on any atom is 0.252 e. The molecule has 0 aromatic carbocycles. The molecule has 2 aromatic heterocycles. The molecule has 4 heterocycles. The van der Waals surface area contributed by atoms with E-state index >= 15 is 0 Å². The number of hydrogen-bond donors (Lipinski definition) is 0. The van der Waals surface area contributed by atoms with Crippen LogP contribution in [0.1, 0.15) is 24.1 Å². The minimum absolute atomic E-state index is 0.0202. The van der Waals surface area contributed by atoms with Crippen LogP contribution in [0.15, 0.2) is 35.3 Å². The number of piperidine rings is 1. The van der Waals surface area contributed by atoms with Crippen molar-refractivity contribution in [1.82, 2.24) is 9.55 Å². The first-order chi connectivity index (χ1) is 12.0. The van der Waals surface area contributed by atoms with E-state index in [1.54, 1.807) is 16.8 Å². The van der Waals surface area contributed by atoms with Gasteiger partial charge in [0, 0.05) is 38.4 Å². The Kier molecular flexibility index (Phi) is 3.82. The minimum atomic E-state index is 0.0202. The predicted octanol–water partition coefficient (Wildman–Crippen LogP) is 1.65. The van der Waals surface area contributed by atoms with E-state index in [2.05, 4.69) is 16.0 Å². The lowest BCUT2D eigenvalue weighted by atomic mass is 10.0. The van der Waals surface area contributed by atoms with Crippen LogP contribution in [0.5, 0.6) is 0 Å². The number of carbonyl (C=O) groups is 1. The summed E-state index contributed by atoms with van der Waals surface area (Å²) in [5.74, 6) is 1.10. The number of pyridine rings is 2. The molecule has 0 aliphatic carbocycles. The second-order valence-corrected chi connectivity index (χ2v) is 6.92. The molecule has 6 heteroatoms. The van der Waals surface area contributed by atoms with Crippen LogP contribution in [0.2, 0.25) is 0 Å². The van der Waals surface area contributed by atoms with E-state index in [1.807, 2.05) is 31.0 Å². The average molecular weight is 338 g/mol. The van der Waals surface area contributed by atoms with Crippen molar-refractivity contribution in [2.75, 3.05) is 22.9 Å². The van der Waals surface area contributed by atoms with Crippen LogP contribution in [0.25, 0.3) is 0 Å². The molecular weight excluding hydrogens is 316 g/mol. The number of nitrogens with zero attached hydrogens (tertiary/aromatic N) is 4. The molecule has 25 heavy (non-hydrogen) atoms. The average Bonchev–Trinajstić information content (AvgIpc) is 2.94. The Morgan fingerprint density at radius 3 is 2.68 bits per heavy atom. The highest BCUT2D eigenvalue weighted by atomic mass is 16.2. The maximum absolute atomic E-state index is 12.5. The molecule has 0 N–H and O–H groups in total. The second kappa shape index (κ2) is 6.02. The molecule has 2 aliphatic rings. The second-order valence-electron chi connectivity index (χ2n) is 6.92. The minimum Gasteiger partial charge on any atom is -0.358 e. The smallest absolute Gasteiger partial charge is 0.252 e. The number of anilines is 2. The van der Waals surface area contributed by atoms with Crippen LogP contribution < -0.4 is 15.4 Å². The third-order valence-corrected chi connectivity index (χ3v) is 5.25. The molecule has 0 unspecified atom stereocenters. The molecule has 0 radical (unpaired) electrons. The highest BCUT2D eigenvalue weighted by Crippen LogP contribution is 2.32. The van der Waals surface area contributed by atoms with E-state index in [1.165, 1.54) is 0 Å². The van der Waals surface area contributed by atoms with Crippen LogP contribution in [0, 0.1) is 6.92 Å². The number of rotatable bonds is 2. The summed E-state index contributed by atoms with van der Waals surface area (Å²) in [6.07, 6.45) is 3.93. The first-order valence-corrected chi connectivity index (χ1v) is 8.73. The summed E-state index contributed by atoms with van der Waals surface area (Å²) in [5.41, 5.74) is 2.85. The number of hydrogen-bond acceptors (Lipinski definition) is 4. The maximum atomic E-state index is 12.5. The van der Waals surface area contributed by atoms with Gasteiger partial charge >= 0.3 is 0 Å². The van der Waals surface area contributed by atoms with Crippen molar-refractivity contribution >= 4 is 17.4 Å². The molecule has 0 bridgehead atoms. The number of carbonyl (C=O) groups excluding carboxylic acids is 1. The lowest BCUT2D eigenvalue weighted by Crippen LogP contribution is -2.47. The van der Waals surface area contributed by atoms with Gasteiger partial charge in [-0.2, -0.15) is 0 Å². The number of aryl methyl sites for hydroxylation is 1. The van der Waals surface area contributed by atoms with E-state index in [9.17, 15) is 9.59 Å².